The Balaban J connectivity index is 2.09. The number of aryl methyl sites for hydroxylation is 1. The molecule has 8 heteroatoms. The van der Waals surface area contributed by atoms with Crippen molar-refractivity contribution >= 4 is 15.8 Å². The Kier molecular flexibility index (Phi) is 3.92. The van der Waals surface area contributed by atoms with Crippen LogP contribution < -0.4 is 4.31 Å². The van der Waals surface area contributed by atoms with E-state index < -0.39 is 10.0 Å². The second-order valence-electron chi connectivity index (χ2n) is 5.49. The van der Waals surface area contributed by atoms with Crippen LogP contribution >= 0.6 is 0 Å². The predicted octanol–water partition coefficient (Wildman–Crippen LogP) is 1.89. The molecule has 2 heterocycles. The minimum absolute atomic E-state index is 0.00443. The summed E-state index contributed by atoms with van der Waals surface area (Å²) in [6.45, 7) is 1.71. The number of anilines is 1. The highest BCUT2D eigenvalue weighted by Gasteiger charge is 2.39. The van der Waals surface area contributed by atoms with Crippen LogP contribution in [0.2, 0.25) is 0 Å². The van der Waals surface area contributed by atoms with Gasteiger partial charge in [-0.25, -0.2) is 22.7 Å². The molecule has 0 bridgehead atoms. The van der Waals surface area contributed by atoms with E-state index in [2.05, 4.69) is 9.97 Å². The fraction of sp³-hybridized carbons (Fsp3) is 0.250. The normalized spacial score (nSPS) is 13.8. The quantitative estimate of drug-likeness (QED) is 0.841. The van der Waals surface area contributed by atoms with Crippen molar-refractivity contribution in [1.82, 2.24) is 9.97 Å². The minimum atomic E-state index is -3.87. The maximum atomic E-state index is 13.0. The monoisotopic (exact) mass is 339 g/mol. The van der Waals surface area contributed by atoms with E-state index in [1.165, 1.54) is 28.7 Å². The molecule has 2 aromatic rings. The first-order chi connectivity index (χ1) is 11.5. The smallest absolute Gasteiger partial charge is 0.247 e. The van der Waals surface area contributed by atoms with Gasteiger partial charge in [-0.05, 0) is 44.0 Å². The van der Waals surface area contributed by atoms with Crippen molar-refractivity contribution in [3.8, 4) is 12.1 Å². The van der Waals surface area contributed by atoms with Crippen LogP contribution in [0.1, 0.15) is 29.8 Å². The van der Waals surface area contributed by atoms with Crippen LogP contribution in [0.25, 0.3) is 0 Å². The molecule has 0 amide bonds. The number of nitriles is 2. The van der Waals surface area contributed by atoms with Crippen LogP contribution in [-0.2, 0) is 10.0 Å². The highest BCUT2D eigenvalue weighted by molar-refractivity contribution is 7.92. The predicted molar refractivity (Wildman–Crippen MR) is 85.3 cm³/mol. The third-order valence-corrected chi connectivity index (χ3v) is 5.42. The summed E-state index contributed by atoms with van der Waals surface area (Å²) in [5.41, 5.74) is 1.08. The molecule has 0 aromatic carbocycles. The number of rotatable bonds is 4. The van der Waals surface area contributed by atoms with Gasteiger partial charge in [0.2, 0.25) is 0 Å². The van der Waals surface area contributed by atoms with Gasteiger partial charge in [0.05, 0.1) is 11.6 Å². The standard InChI is InChI=1S/C16H13N5O2S/c1-11-6-12(8-17)7-16(20-11)21(14-3-4-14)24(22,23)15-5-2-13(9-18)19-10-15/h2,5-7,10,14H,3-4H2,1H3. The average molecular weight is 339 g/mol. The Morgan fingerprint density at radius 3 is 2.50 bits per heavy atom. The van der Waals surface area contributed by atoms with E-state index in [4.69, 9.17) is 10.5 Å². The molecule has 2 aromatic heterocycles. The molecule has 24 heavy (non-hydrogen) atoms. The van der Waals surface area contributed by atoms with Gasteiger partial charge in [0.15, 0.2) is 0 Å². The van der Waals surface area contributed by atoms with Gasteiger partial charge in [-0.2, -0.15) is 10.5 Å². The summed E-state index contributed by atoms with van der Waals surface area (Å²) >= 11 is 0. The Morgan fingerprint density at radius 1 is 1.21 bits per heavy atom. The van der Waals surface area contributed by atoms with Gasteiger partial charge in [-0.15, -0.1) is 0 Å². The molecule has 120 valence electrons. The van der Waals surface area contributed by atoms with E-state index in [-0.39, 0.29) is 22.4 Å². The van der Waals surface area contributed by atoms with Crippen LogP contribution in [0.5, 0.6) is 0 Å². The third-order valence-electron chi connectivity index (χ3n) is 3.58. The lowest BCUT2D eigenvalue weighted by Gasteiger charge is -2.23. The zero-order chi connectivity index (χ0) is 17.3. The first kappa shape index (κ1) is 15.9. The number of hydrogen-bond donors (Lipinski definition) is 0. The highest BCUT2D eigenvalue weighted by atomic mass is 32.2. The number of aromatic nitrogens is 2. The zero-order valence-corrected chi connectivity index (χ0v) is 13.7. The molecule has 3 rings (SSSR count). The molecule has 1 aliphatic rings. The lowest BCUT2D eigenvalue weighted by Crippen LogP contribution is -2.34. The fourth-order valence-corrected chi connectivity index (χ4v) is 3.95. The van der Waals surface area contributed by atoms with Crippen LogP contribution in [0.15, 0.2) is 35.4 Å². The van der Waals surface area contributed by atoms with Crippen molar-refractivity contribution in [2.24, 2.45) is 0 Å². The van der Waals surface area contributed by atoms with Crippen molar-refractivity contribution in [1.29, 1.82) is 10.5 Å². The lowest BCUT2D eigenvalue weighted by molar-refractivity contribution is 0.589. The van der Waals surface area contributed by atoms with Crippen LogP contribution in [0.4, 0.5) is 5.82 Å². The SMILES string of the molecule is Cc1cc(C#N)cc(N(C2CC2)S(=O)(=O)c2ccc(C#N)nc2)n1. The summed E-state index contributed by atoms with van der Waals surface area (Å²) in [7, 11) is -3.87. The lowest BCUT2D eigenvalue weighted by atomic mass is 10.2. The van der Waals surface area contributed by atoms with E-state index in [1.807, 2.05) is 12.1 Å². The maximum Gasteiger partial charge on any atom is 0.267 e. The van der Waals surface area contributed by atoms with Crippen molar-refractivity contribution in [3.05, 3.63) is 47.4 Å². The molecule has 0 saturated heterocycles. The first-order valence-electron chi connectivity index (χ1n) is 7.25. The Hall–Kier alpha value is -2.97. The molecule has 0 aliphatic heterocycles. The summed E-state index contributed by atoms with van der Waals surface area (Å²) in [6, 6.07) is 9.50. The van der Waals surface area contributed by atoms with Gasteiger partial charge in [-0.3, -0.25) is 0 Å². The largest absolute Gasteiger partial charge is 0.267 e. The topological polar surface area (TPSA) is 111 Å². The summed E-state index contributed by atoms with van der Waals surface area (Å²) in [4.78, 5) is 8.12. The van der Waals surface area contributed by atoms with Crippen molar-refractivity contribution in [2.75, 3.05) is 4.31 Å². The molecular weight excluding hydrogens is 326 g/mol. The summed E-state index contributed by atoms with van der Waals surface area (Å²) in [5.74, 6) is 0.235. The molecule has 1 saturated carbocycles. The minimum Gasteiger partial charge on any atom is -0.247 e. The third kappa shape index (κ3) is 2.92. The van der Waals surface area contributed by atoms with Gasteiger partial charge >= 0.3 is 0 Å². The van der Waals surface area contributed by atoms with Gasteiger partial charge < -0.3 is 0 Å². The maximum absolute atomic E-state index is 13.0. The number of pyridine rings is 2. The van der Waals surface area contributed by atoms with Crippen molar-refractivity contribution < 1.29 is 8.42 Å². The molecule has 1 aliphatic carbocycles. The molecule has 0 atom stereocenters. The van der Waals surface area contributed by atoms with E-state index in [9.17, 15) is 8.42 Å². The van der Waals surface area contributed by atoms with Crippen molar-refractivity contribution in [3.63, 3.8) is 0 Å². The summed E-state index contributed by atoms with van der Waals surface area (Å²) in [6.07, 6.45) is 2.64. The second-order valence-corrected chi connectivity index (χ2v) is 7.31. The van der Waals surface area contributed by atoms with E-state index >= 15 is 0 Å². The van der Waals surface area contributed by atoms with Gasteiger partial charge in [0, 0.05) is 17.9 Å². The van der Waals surface area contributed by atoms with Gasteiger partial charge in [0.1, 0.15) is 22.5 Å². The second kappa shape index (κ2) is 5.91. The molecular formula is C16H13N5O2S. The summed E-state index contributed by atoms with van der Waals surface area (Å²) < 4.78 is 27.3. The molecule has 7 nitrogen and oxygen atoms in total. The number of sulfonamides is 1. The molecule has 1 fully saturated rings. The van der Waals surface area contributed by atoms with E-state index in [0.717, 1.165) is 12.8 Å². The van der Waals surface area contributed by atoms with Crippen molar-refractivity contribution in [2.45, 2.75) is 30.7 Å². The number of hydrogen-bond acceptors (Lipinski definition) is 6. The Labute approximate surface area is 139 Å². The van der Waals surface area contributed by atoms with Crippen LogP contribution in [0, 0.1) is 29.6 Å². The fourth-order valence-electron chi connectivity index (χ4n) is 2.36. The van der Waals surface area contributed by atoms with E-state index in [0.29, 0.717) is 11.3 Å². The number of nitrogens with zero attached hydrogens (tertiary/aromatic N) is 5. The average Bonchev–Trinajstić information content (AvgIpc) is 3.39. The molecule has 0 unspecified atom stereocenters. The van der Waals surface area contributed by atoms with Crippen LogP contribution in [0.3, 0.4) is 0 Å². The van der Waals surface area contributed by atoms with Gasteiger partial charge in [0.25, 0.3) is 10.0 Å². The van der Waals surface area contributed by atoms with Crippen LogP contribution in [-0.4, -0.2) is 24.4 Å². The summed E-state index contributed by atoms with van der Waals surface area (Å²) in [5, 5.41) is 17.9. The highest BCUT2D eigenvalue weighted by Crippen LogP contribution is 2.36. The Morgan fingerprint density at radius 2 is 1.96 bits per heavy atom. The Bertz CT molecular complexity index is 967. The van der Waals surface area contributed by atoms with Gasteiger partial charge in [-0.1, -0.05) is 0 Å². The zero-order valence-electron chi connectivity index (χ0n) is 12.8. The molecule has 0 N–H and O–H groups in total. The molecule has 0 radical (unpaired) electrons. The van der Waals surface area contributed by atoms with E-state index in [1.54, 1.807) is 13.0 Å². The first-order valence-corrected chi connectivity index (χ1v) is 8.69. The molecule has 0 spiro atoms.